The molecule has 0 amide bonds. The topological polar surface area (TPSA) is 89.1 Å². The largest absolute Gasteiger partial charge is 0.481 e. The number of nitrogens with two attached hydrogens (primary N) is 1. The Morgan fingerprint density at radius 2 is 2.06 bits per heavy atom. The van der Waals surface area contributed by atoms with Crippen LogP contribution in [-0.2, 0) is 23.1 Å². The lowest BCUT2D eigenvalue weighted by Crippen LogP contribution is -2.31. The van der Waals surface area contributed by atoms with Crippen LogP contribution in [-0.4, -0.2) is 21.0 Å². The summed E-state index contributed by atoms with van der Waals surface area (Å²) in [6.07, 6.45) is 2.78. The number of fused-ring (bicyclic) bond motifs is 1. The van der Waals surface area contributed by atoms with Gasteiger partial charge < -0.3 is 10.8 Å². The number of nitrogen functional groups attached to an aromatic ring is 1. The highest BCUT2D eigenvalue weighted by Gasteiger charge is 2.34. The lowest BCUT2D eigenvalue weighted by atomic mass is 9.92. The molecule has 1 aromatic rings. The van der Waals surface area contributed by atoms with E-state index in [4.69, 9.17) is 10.8 Å². The van der Waals surface area contributed by atoms with Crippen LogP contribution in [0.3, 0.4) is 0 Å². The van der Waals surface area contributed by atoms with E-state index in [-0.39, 0.29) is 0 Å². The zero-order valence-electron chi connectivity index (χ0n) is 9.45. The van der Waals surface area contributed by atoms with E-state index >= 15 is 0 Å². The lowest BCUT2D eigenvalue weighted by Gasteiger charge is -2.18. The number of hydrogen-bond donors (Lipinski definition) is 2. The van der Waals surface area contributed by atoms with Gasteiger partial charge in [-0.05, 0) is 33.1 Å². The van der Waals surface area contributed by atoms with Gasteiger partial charge in [-0.15, -0.1) is 0 Å². The van der Waals surface area contributed by atoms with Crippen LogP contribution in [0, 0.1) is 0 Å². The molecule has 0 saturated carbocycles. The highest BCUT2D eigenvalue weighted by Crippen LogP contribution is 2.28. The number of carbonyl (C=O) groups is 1. The van der Waals surface area contributed by atoms with Crippen LogP contribution in [0.4, 0.5) is 5.82 Å². The van der Waals surface area contributed by atoms with Crippen molar-refractivity contribution in [2.45, 2.75) is 38.5 Å². The van der Waals surface area contributed by atoms with Crippen molar-refractivity contribution in [2.75, 3.05) is 5.73 Å². The molecular formula is C11H15N3O2. The molecule has 0 bridgehead atoms. The Balaban J connectivity index is 2.52. The van der Waals surface area contributed by atoms with Crippen LogP contribution in [0.15, 0.2) is 0 Å². The fraction of sp³-hybridized carbons (Fsp3) is 0.545. The third-order valence-electron chi connectivity index (χ3n) is 3.06. The van der Waals surface area contributed by atoms with E-state index in [1.807, 2.05) is 0 Å². The first kappa shape index (κ1) is 10.9. The molecule has 5 heteroatoms. The number of aromatic nitrogens is 2. The Morgan fingerprint density at radius 3 is 2.69 bits per heavy atom. The first-order valence-electron chi connectivity index (χ1n) is 5.32. The first-order valence-corrected chi connectivity index (χ1v) is 5.32. The van der Waals surface area contributed by atoms with Crippen LogP contribution < -0.4 is 5.73 Å². The minimum Gasteiger partial charge on any atom is -0.481 e. The van der Waals surface area contributed by atoms with Gasteiger partial charge in [0, 0.05) is 11.3 Å². The highest BCUT2D eigenvalue weighted by molar-refractivity contribution is 5.79. The van der Waals surface area contributed by atoms with Gasteiger partial charge in [-0.3, -0.25) is 4.79 Å². The molecule has 0 atom stereocenters. The normalized spacial score (nSPS) is 14.9. The standard InChI is InChI=1S/C11H15N3O2/c1-11(2,10(15)16)9-13-7-5-3-4-6(7)8(12)14-9/h3-5H2,1-2H3,(H,15,16)(H2,12,13,14). The molecule has 0 spiro atoms. The summed E-state index contributed by atoms with van der Waals surface area (Å²) in [6.45, 7) is 3.18. The van der Waals surface area contributed by atoms with Crippen LogP contribution in [0.1, 0.15) is 37.4 Å². The van der Waals surface area contributed by atoms with Crippen molar-refractivity contribution in [2.24, 2.45) is 0 Å². The number of rotatable bonds is 2. The van der Waals surface area contributed by atoms with Crippen LogP contribution in [0.5, 0.6) is 0 Å². The van der Waals surface area contributed by atoms with Gasteiger partial charge in [0.05, 0.1) is 0 Å². The van der Waals surface area contributed by atoms with Gasteiger partial charge in [-0.1, -0.05) is 0 Å². The van der Waals surface area contributed by atoms with Crippen molar-refractivity contribution >= 4 is 11.8 Å². The average Bonchev–Trinajstić information content (AvgIpc) is 2.65. The fourth-order valence-corrected chi connectivity index (χ4v) is 1.84. The average molecular weight is 221 g/mol. The Labute approximate surface area is 93.7 Å². The monoisotopic (exact) mass is 221 g/mol. The van der Waals surface area contributed by atoms with Gasteiger partial charge in [0.1, 0.15) is 17.1 Å². The first-order chi connectivity index (χ1) is 7.43. The van der Waals surface area contributed by atoms with Gasteiger partial charge in [0.2, 0.25) is 0 Å². The van der Waals surface area contributed by atoms with E-state index < -0.39 is 11.4 Å². The summed E-state index contributed by atoms with van der Waals surface area (Å²) in [5.74, 6) is -0.199. The van der Waals surface area contributed by atoms with E-state index in [1.54, 1.807) is 13.8 Å². The Bertz CT molecular complexity index is 455. The third kappa shape index (κ3) is 1.52. The van der Waals surface area contributed by atoms with Gasteiger partial charge in [0.25, 0.3) is 0 Å². The van der Waals surface area contributed by atoms with Crippen LogP contribution in [0.2, 0.25) is 0 Å². The molecule has 3 N–H and O–H groups in total. The van der Waals surface area contributed by atoms with Gasteiger partial charge in [-0.2, -0.15) is 0 Å². The molecular weight excluding hydrogens is 206 g/mol. The molecule has 0 saturated heterocycles. The maximum Gasteiger partial charge on any atom is 0.316 e. The maximum absolute atomic E-state index is 11.1. The summed E-state index contributed by atoms with van der Waals surface area (Å²) in [6, 6.07) is 0. The summed E-state index contributed by atoms with van der Waals surface area (Å²) < 4.78 is 0. The molecule has 1 aliphatic carbocycles. The van der Waals surface area contributed by atoms with Gasteiger partial charge in [-0.25, -0.2) is 9.97 Å². The number of aryl methyl sites for hydroxylation is 1. The number of anilines is 1. The summed E-state index contributed by atoms with van der Waals surface area (Å²) in [4.78, 5) is 19.6. The van der Waals surface area contributed by atoms with Crippen molar-refractivity contribution in [3.63, 3.8) is 0 Å². The van der Waals surface area contributed by atoms with E-state index in [0.29, 0.717) is 11.6 Å². The Kier molecular flexibility index (Phi) is 2.33. The second-order valence-corrected chi connectivity index (χ2v) is 4.64. The number of carboxylic acid groups (broad SMARTS) is 1. The molecule has 0 fully saturated rings. The second-order valence-electron chi connectivity index (χ2n) is 4.64. The molecule has 2 rings (SSSR count). The van der Waals surface area contributed by atoms with Gasteiger partial charge >= 0.3 is 5.97 Å². The number of carboxylic acids is 1. The maximum atomic E-state index is 11.1. The molecule has 0 aromatic carbocycles. The molecule has 0 radical (unpaired) electrons. The number of nitrogens with zero attached hydrogens (tertiary/aromatic N) is 2. The summed E-state index contributed by atoms with van der Waals surface area (Å²) in [5, 5.41) is 9.11. The van der Waals surface area contributed by atoms with Crippen LogP contribution in [0.25, 0.3) is 0 Å². The minimum absolute atomic E-state index is 0.304. The second kappa shape index (κ2) is 3.43. The predicted molar refractivity (Wildman–Crippen MR) is 59.1 cm³/mol. The smallest absolute Gasteiger partial charge is 0.316 e. The zero-order chi connectivity index (χ0) is 11.9. The Hall–Kier alpha value is -1.65. The fourth-order valence-electron chi connectivity index (χ4n) is 1.84. The van der Waals surface area contributed by atoms with E-state index in [2.05, 4.69) is 9.97 Å². The zero-order valence-corrected chi connectivity index (χ0v) is 9.45. The highest BCUT2D eigenvalue weighted by atomic mass is 16.4. The third-order valence-corrected chi connectivity index (χ3v) is 3.06. The van der Waals surface area contributed by atoms with Crippen molar-refractivity contribution in [1.29, 1.82) is 0 Å². The molecule has 86 valence electrons. The SMILES string of the molecule is CC(C)(C(=O)O)c1nc(N)c2c(n1)CCC2. The predicted octanol–water partition coefficient (Wildman–Crippen LogP) is 0.910. The minimum atomic E-state index is -1.09. The molecule has 1 aliphatic rings. The number of hydrogen-bond acceptors (Lipinski definition) is 4. The lowest BCUT2D eigenvalue weighted by molar-refractivity contribution is -0.142. The molecule has 5 nitrogen and oxygen atoms in total. The molecule has 0 unspecified atom stereocenters. The summed E-state index contributed by atoms with van der Waals surface area (Å²) >= 11 is 0. The quantitative estimate of drug-likeness (QED) is 0.774. The molecule has 0 aliphatic heterocycles. The van der Waals surface area contributed by atoms with Crippen molar-refractivity contribution in [3.8, 4) is 0 Å². The van der Waals surface area contributed by atoms with Crippen molar-refractivity contribution in [3.05, 3.63) is 17.1 Å². The molecule has 16 heavy (non-hydrogen) atoms. The molecule has 1 heterocycles. The summed E-state index contributed by atoms with van der Waals surface area (Å²) in [7, 11) is 0. The van der Waals surface area contributed by atoms with E-state index in [0.717, 1.165) is 30.5 Å². The van der Waals surface area contributed by atoms with Crippen molar-refractivity contribution < 1.29 is 9.90 Å². The number of aliphatic carboxylic acids is 1. The molecule has 1 aromatic heterocycles. The van der Waals surface area contributed by atoms with E-state index in [1.165, 1.54) is 0 Å². The summed E-state index contributed by atoms with van der Waals surface area (Å²) in [5.41, 5.74) is 6.64. The van der Waals surface area contributed by atoms with Crippen molar-refractivity contribution in [1.82, 2.24) is 9.97 Å². The Morgan fingerprint density at radius 1 is 1.38 bits per heavy atom. The van der Waals surface area contributed by atoms with Gasteiger partial charge in [0.15, 0.2) is 0 Å². The van der Waals surface area contributed by atoms with Crippen LogP contribution >= 0.6 is 0 Å². The van der Waals surface area contributed by atoms with E-state index in [9.17, 15) is 4.79 Å².